The number of ether oxygens (including phenoxy) is 6. The molecule has 0 spiro atoms. The molecule has 5 rings (SSSR count). The summed E-state index contributed by atoms with van der Waals surface area (Å²) in [4.78, 5) is 25.4. The Morgan fingerprint density at radius 3 is 2.17 bits per heavy atom. The van der Waals surface area contributed by atoms with Crippen LogP contribution in [0.5, 0.6) is 5.75 Å². The molecule has 0 saturated carbocycles. The molecule has 2 aromatic rings. The Morgan fingerprint density at radius 1 is 0.894 bits per heavy atom. The standard InChI is InChI=1S/C31H40O16/c1-5-12(2)28(40)45-26-18-14(8-6-13-7-9-17(33)44-25(13)18)47-31(3,4)27(26)46-30-24(39)22(37)20(35)16(43-30)11-41-29-23(38)21(36)19(34)15(10-32)42-29/h5-9,15-16,19-24,26-27,29-30,32,34-39H,10-11H2,1-4H3/b12-5+/t15-,16-,19-,20-,21+,22+,23-,24-,26?,27?,29-,30+/m0/s1. The molecule has 0 radical (unpaired) electrons. The van der Waals surface area contributed by atoms with E-state index < -0.39 is 104 Å². The second-order valence-corrected chi connectivity index (χ2v) is 12.3. The fourth-order valence-corrected chi connectivity index (χ4v) is 5.74. The predicted molar refractivity (Wildman–Crippen MR) is 157 cm³/mol. The van der Waals surface area contributed by atoms with E-state index in [-0.39, 0.29) is 22.5 Å². The van der Waals surface area contributed by atoms with Crippen LogP contribution in [0.3, 0.4) is 0 Å². The zero-order valence-corrected chi connectivity index (χ0v) is 26.0. The summed E-state index contributed by atoms with van der Waals surface area (Å²) in [6.45, 7) is 5.14. The van der Waals surface area contributed by atoms with E-state index in [4.69, 9.17) is 32.8 Å². The van der Waals surface area contributed by atoms with Crippen LogP contribution >= 0.6 is 0 Å². The van der Waals surface area contributed by atoms with Crippen molar-refractivity contribution in [2.45, 2.75) is 107 Å². The number of fused-ring (bicyclic) bond motifs is 3. The minimum Gasteiger partial charge on any atom is -0.484 e. The minimum absolute atomic E-state index is 0.0707. The summed E-state index contributed by atoms with van der Waals surface area (Å²) in [5.41, 5.74) is -1.48. The third-order valence-electron chi connectivity index (χ3n) is 8.62. The highest BCUT2D eigenvalue weighted by Gasteiger charge is 2.53. The summed E-state index contributed by atoms with van der Waals surface area (Å²) in [6, 6.07) is 6.04. The van der Waals surface area contributed by atoms with E-state index in [9.17, 15) is 45.3 Å². The highest BCUT2D eigenvalue weighted by Crippen LogP contribution is 2.47. The van der Waals surface area contributed by atoms with E-state index in [1.54, 1.807) is 45.9 Å². The zero-order valence-electron chi connectivity index (χ0n) is 26.0. The molecule has 2 saturated heterocycles. The second kappa shape index (κ2) is 13.9. The van der Waals surface area contributed by atoms with Gasteiger partial charge >= 0.3 is 11.6 Å². The van der Waals surface area contributed by atoms with Crippen LogP contribution in [0, 0.1) is 0 Å². The van der Waals surface area contributed by atoms with Crippen LogP contribution in [0.25, 0.3) is 11.0 Å². The average Bonchev–Trinajstić information content (AvgIpc) is 3.04. The smallest absolute Gasteiger partial charge is 0.336 e. The van der Waals surface area contributed by atoms with Crippen molar-refractivity contribution in [2.24, 2.45) is 0 Å². The predicted octanol–water partition coefficient (Wildman–Crippen LogP) is -1.48. The van der Waals surface area contributed by atoms with Gasteiger partial charge in [-0.1, -0.05) is 6.08 Å². The summed E-state index contributed by atoms with van der Waals surface area (Å²) in [5, 5.41) is 72.8. The van der Waals surface area contributed by atoms with Crippen molar-refractivity contribution in [1.82, 2.24) is 0 Å². The van der Waals surface area contributed by atoms with Crippen molar-refractivity contribution < 1.29 is 73.4 Å². The van der Waals surface area contributed by atoms with Gasteiger partial charge in [0.25, 0.3) is 0 Å². The van der Waals surface area contributed by atoms with Gasteiger partial charge in [-0.15, -0.1) is 0 Å². The Balaban J connectivity index is 1.45. The highest BCUT2D eigenvalue weighted by atomic mass is 16.7. The fraction of sp³-hybridized carbons (Fsp3) is 0.613. The normalized spacial score (nSPS) is 37.2. The number of aliphatic hydroxyl groups excluding tert-OH is 7. The Bertz CT molecular complexity index is 1520. The Labute approximate surface area is 268 Å². The van der Waals surface area contributed by atoms with Gasteiger partial charge in [-0.3, -0.25) is 0 Å². The number of aliphatic hydroxyl groups is 7. The lowest BCUT2D eigenvalue weighted by Gasteiger charge is -2.47. The van der Waals surface area contributed by atoms with Crippen LogP contribution in [0.4, 0.5) is 0 Å². The van der Waals surface area contributed by atoms with Crippen LogP contribution in [0.1, 0.15) is 39.4 Å². The first-order valence-corrected chi connectivity index (χ1v) is 15.0. The molecule has 12 atom stereocenters. The topological polar surface area (TPSA) is 244 Å². The van der Waals surface area contributed by atoms with Gasteiger partial charge in [0.2, 0.25) is 0 Å². The molecule has 16 heteroatoms. The number of rotatable bonds is 8. The van der Waals surface area contributed by atoms with Crippen LogP contribution in [-0.4, -0.2) is 128 Å². The monoisotopic (exact) mass is 668 g/mol. The number of hydrogen-bond donors (Lipinski definition) is 7. The molecule has 0 aliphatic carbocycles. The molecule has 7 N–H and O–H groups in total. The summed E-state index contributed by atoms with van der Waals surface area (Å²) in [7, 11) is 0. The molecule has 260 valence electrons. The summed E-state index contributed by atoms with van der Waals surface area (Å²) >= 11 is 0. The van der Waals surface area contributed by atoms with Gasteiger partial charge in [0.1, 0.15) is 71.9 Å². The number of allylic oxidation sites excluding steroid dienone is 1. The van der Waals surface area contributed by atoms with E-state index in [0.29, 0.717) is 5.39 Å². The maximum absolute atomic E-state index is 13.1. The number of carbonyl (C=O) groups excluding carboxylic acids is 1. The number of esters is 1. The Hall–Kier alpha value is -3.00. The van der Waals surface area contributed by atoms with Gasteiger partial charge in [-0.05, 0) is 45.9 Å². The molecular weight excluding hydrogens is 628 g/mol. The lowest BCUT2D eigenvalue weighted by atomic mass is 9.86. The Morgan fingerprint density at radius 2 is 1.51 bits per heavy atom. The lowest BCUT2D eigenvalue weighted by molar-refractivity contribution is -0.346. The van der Waals surface area contributed by atoms with Gasteiger partial charge < -0.3 is 68.6 Å². The molecule has 0 bridgehead atoms. The molecule has 16 nitrogen and oxygen atoms in total. The van der Waals surface area contributed by atoms with E-state index in [1.807, 2.05) is 0 Å². The molecule has 3 aliphatic heterocycles. The van der Waals surface area contributed by atoms with E-state index in [2.05, 4.69) is 0 Å². The summed E-state index contributed by atoms with van der Waals surface area (Å²) < 4.78 is 40.6. The third kappa shape index (κ3) is 6.81. The van der Waals surface area contributed by atoms with Gasteiger partial charge in [0, 0.05) is 17.0 Å². The van der Waals surface area contributed by atoms with Crippen molar-refractivity contribution in [2.75, 3.05) is 13.2 Å². The first-order valence-electron chi connectivity index (χ1n) is 15.0. The van der Waals surface area contributed by atoms with E-state index in [0.717, 1.165) is 0 Å². The van der Waals surface area contributed by atoms with Crippen LogP contribution in [-0.2, 0) is 28.5 Å². The molecule has 3 aliphatic rings. The second-order valence-electron chi connectivity index (χ2n) is 12.3. The van der Waals surface area contributed by atoms with Crippen LogP contribution in [0.15, 0.2) is 45.1 Å². The Kier molecular flexibility index (Phi) is 10.4. The van der Waals surface area contributed by atoms with Gasteiger partial charge in [0.05, 0.1) is 18.8 Å². The van der Waals surface area contributed by atoms with Crippen molar-refractivity contribution in [1.29, 1.82) is 0 Å². The summed E-state index contributed by atoms with van der Waals surface area (Å²) in [6.07, 6.45) is -17.5. The van der Waals surface area contributed by atoms with Crippen molar-refractivity contribution in [3.05, 3.63) is 51.9 Å². The van der Waals surface area contributed by atoms with Crippen LogP contribution in [0.2, 0.25) is 0 Å². The molecule has 47 heavy (non-hydrogen) atoms. The first-order chi connectivity index (χ1) is 22.2. The molecule has 4 heterocycles. The number of benzene rings is 1. The van der Waals surface area contributed by atoms with Crippen molar-refractivity contribution in [3.63, 3.8) is 0 Å². The zero-order chi connectivity index (χ0) is 34.4. The quantitative estimate of drug-likeness (QED) is 0.0964. The third-order valence-corrected chi connectivity index (χ3v) is 8.62. The first kappa shape index (κ1) is 35.3. The van der Waals surface area contributed by atoms with Crippen LogP contribution < -0.4 is 10.4 Å². The van der Waals surface area contributed by atoms with Crippen molar-refractivity contribution in [3.8, 4) is 5.75 Å². The van der Waals surface area contributed by atoms with Crippen molar-refractivity contribution >= 4 is 16.9 Å². The molecule has 1 aromatic carbocycles. The molecule has 0 amide bonds. The average molecular weight is 669 g/mol. The van der Waals surface area contributed by atoms with E-state index >= 15 is 0 Å². The van der Waals surface area contributed by atoms with Gasteiger partial charge in [-0.2, -0.15) is 0 Å². The van der Waals surface area contributed by atoms with Gasteiger partial charge in [0.15, 0.2) is 18.7 Å². The highest BCUT2D eigenvalue weighted by molar-refractivity contribution is 5.89. The van der Waals surface area contributed by atoms with Gasteiger partial charge in [-0.25, -0.2) is 9.59 Å². The minimum atomic E-state index is -1.85. The maximum Gasteiger partial charge on any atom is 0.336 e. The molecular formula is C31H40O16. The maximum atomic E-state index is 13.1. The number of carbonyl (C=O) groups is 1. The molecule has 2 fully saturated rings. The summed E-state index contributed by atoms with van der Waals surface area (Å²) in [5.74, 6) is -0.490. The molecule has 1 aromatic heterocycles. The van der Waals surface area contributed by atoms with E-state index in [1.165, 1.54) is 12.1 Å². The SMILES string of the molecule is C/C=C(\C)C(=O)OC1c2c(ccc3ccc(=O)oc23)OC(C)(C)C1O[C@H]1O[C@@H](CO[C@H]2O[C@@H](CO)[C@H](O)[C@@H](O)[C@@H]2O)[C@H](O)[C@@H](O)[C@@H]1O. The fourth-order valence-electron chi connectivity index (χ4n) is 5.74. The molecule has 2 unspecified atom stereocenters. The largest absolute Gasteiger partial charge is 0.484 e. The number of hydrogen-bond acceptors (Lipinski definition) is 16. The lowest BCUT2D eigenvalue weighted by Crippen LogP contribution is -2.63.